The summed E-state index contributed by atoms with van der Waals surface area (Å²) in [6.45, 7) is 32.8. The molecule has 0 aliphatic carbocycles. The van der Waals surface area contributed by atoms with E-state index in [1.54, 1.807) is 18.2 Å². The molecule has 0 amide bonds. The summed E-state index contributed by atoms with van der Waals surface area (Å²) in [5.74, 6) is 0. The van der Waals surface area contributed by atoms with Crippen LogP contribution in [0.3, 0.4) is 0 Å². The van der Waals surface area contributed by atoms with E-state index < -0.39 is 33.2 Å². The van der Waals surface area contributed by atoms with Crippen LogP contribution < -0.4 is 0 Å². The minimum atomic E-state index is -2.13. The number of rotatable bonds is 57. The zero-order valence-corrected chi connectivity index (χ0v) is 72.0. The molecular weight excluding hydrogens is 1370 g/mol. The van der Waals surface area contributed by atoms with Gasteiger partial charge < -0.3 is 18.8 Å². The number of hydrogen-bond acceptors (Lipinski definition) is 10. The van der Waals surface area contributed by atoms with Gasteiger partial charge in [0.1, 0.15) is 0 Å². The van der Waals surface area contributed by atoms with Crippen LogP contribution in [-0.4, -0.2) is 48.5 Å². The quantitative estimate of drug-likeness (QED) is 0.0122. The average Bonchev–Trinajstić information content (AvgIpc) is 0.867. The van der Waals surface area contributed by atoms with E-state index in [9.17, 15) is 26.3 Å². The van der Waals surface area contributed by atoms with Crippen molar-refractivity contribution in [2.75, 3.05) is 6.61 Å². The molecule has 10 nitrogen and oxygen atoms in total. The molecule has 0 fully saturated rings. The fourth-order valence-corrected chi connectivity index (χ4v) is 14.4. The topological polar surface area (TPSA) is 198 Å². The summed E-state index contributed by atoms with van der Waals surface area (Å²) in [4.78, 5) is 1.60. The second kappa shape index (κ2) is 86.8. The number of aryl methyl sites for hydroxylation is 3. The molecule has 0 radical (unpaired) electrons. The molecule has 3 rings (SSSR count). The van der Waals surface area contributed by atoms with Crippen LogP contribution in [0.25, 0.3) is 0 Å². The van der Waals surface area contributed by atoms with Gasteiger partial charge in [0.2, 0.25) is 0 Å². The van der Waals surface area contributed by atoms with E-state index in [4.69, 9.17) is 18.9 Å². The molecule has 602 valence electrons. The summed E-state index contributed by atoms with van der Waals surface area (Å²) in [5, 5.41) is 20.4. The van der Waals surface area contributed by atoms with Crippen LogP contribution in [0.1, 0.15) is 404 Å². The van der Waals surface area contributed by atoms with Gasteiger partial charge in [-0.15, -0.1) is 0 Å². The Morgan fingerprint density at radius 3 is 0.602 bits per heavy atom. The van der Waals surface area contributed by atoms with Crippen LogP contribution in [0.2, 0.25) is 0 Å². The molecule has 0 saturated heterocycles. The summed E-state index contributed by atoms with van der Waals surface area (Å²) in [6.07, 6.45) is 71.0. The molecule has 3 atom stereocenters. The Labute approximate surface area is 657 Å². The van der Waals surface area contributed by atoms with E-state index in [2.05, 4.69) is 86.7 Å². The standard InChI is InChI=1S/3C26H46O2S.C5H12O.2C3H5.H2O2.O.Ti/c3*1-3-5-7-9-11-13-15-17-20-24-21-19-23-26(29(27)28)25(24)22-18-16-14-12-10-8-6-4-2;1-5(2,3)4-6;2*1-3-2;1-2;;/h3*19,21,23H,3-18,20,22H2,1-2H3,(H,27,28);6H,4H2,1-3H3;2*3H,1-2H2;1-2H;;/q;;;;2*-1;;;/p-3. The third-order valence-corrected chi connectivity index (χ3v) is 20.7. The van der Waals surface area contributed by atoms with Gasteiger partial charge in [-0.1, -0.05) is 368 Å². The molecular formula is C89H159O10S3Ti-5. The van der Waals surface area contributed by atoms with Crippen LogP contribution in [-0.2, 0) is 95.5 Å². The van der Waals surface area contributed by atoms with Gasteiger partial charge in [0, 0.05) is 21.3 Å². The van der Waals surface area contributed by atoms with Crippen LogP contribution in [0.4, 0.5) is 0 Å². The number of hydrogen-bond donors (Lipinski definition) is 3. The van der Waals surface area contributed by atoms with Crippen molar-refractivity contribution in [2.45, 2.75) is 424 Å². The molecule has 0 saturated carbocycles. The summed E-state index contributed by atoms with van der Waals surface area (Å²) in [7, 11) is 0. The number of allylic oxidation sites excluding steroid dienone is 2. The van der Waals surface area contributed by atoms with E-state index in [1.807, 2.05) is 39.0 Å². The van der Waals surface area contributed by atoms with Gasteiger partial charge >= 0.3 is 23.7 Å². The normalized spacial score (nSPS) is 11.5. The van der Waals surface area contributed by atoms with Crippen molar-refractivity contribution >= 4 is 33.2 Å². The van der Waals surface area contributed by atoms with Crippen LogP contribution in [0.15, 0.2) is 94.6 Å². The first-order valence-corrected chi connectivity index (χ1v) is 45.3. The molecule has 0 aromatic heterocycles. The van der Waals surface area contributed by atoms with Crippen molar-refractivity contribution in [2.24, 2.45) is 5.41 Å². The molecule has 14 heteroatoms. The first-order valence-electron chi connectivity index (χ1n) is 41.4. The second-order valence-electron chi connectivity index (χ2n) is 29.0. The van der Waals surface area contributed by atoms with Gasteiger partial charge in [0.15, 0.2) is 0 Å². The monoisotopic (exact) mass is 1530 g/mol. The predicted molar refractivity (Wildman–Crippen MR) is 442 cm³/mol. The zero-order chi connectivity index (χ0) is 78.1. The fraction of sp³-hybridized carbons (Fsp3) is 0.730. The molecule has 3 unspecified atom stereocenters. The summed E-state index contributed by atoms with van der Waals surface area (Å²) >= 11 is -5.63. The first-order chi connectivity index (χ1) is 50.0. The average molecular weight is 1530 g/mol. The molecule has 0 spiro atoms. The van der Waals surface area contributed by atoms with Gasteiger partial charge in [-0.25, -0.2) is 39.2 Å². The van der Waals surface area contributed by atoms with E-state index in [0.29, 0.717) is 14.7 Å². The maximum absolute atomic E-state index is 11.7. The van der Waals surface area contributed by atoms with Crippen molar-refractivity contribution in [1.29, 1.82) is 0 Å². The van der Waals surface area contributed by atoms with Gasteiger partial charge in [-0.3, -0.25) is 23.1 Å². The SMILES string of the molecule is C=C[CH2-].C=C[CH2-].CC(C)(C)CO.CCCCCCCCCCc1cccc(S(=O)[O-])c1CCCCCCCCCC.CCCCCCCCCCc1cccc(S(=O)[O-])c1CCCCCCCCCC.CCCCCCCCCCc1cccc(S(=O)[O-])c1CCCCCCCCCC.OO.[O]=[Ti]. The molecule has 3 N–H and O–H groups in total. The molecule has 0 aliphatic heterocycles. The summed E-state index contributed by atoms with van der Waals surface area (Å²) in [6, 6.07) is 17.5. The Balaban J connectivity index is -0.000000420. The van der Waals surface area contributed by atoms with E-state index in [0.717, 1.165) is 94.9 Å². The summed E-state index contributed by atoms with van der Waals surface area (Å²) < 4.78 is 78.5. The Bertz CT molecular complexity index is 2100. The fourth-order valence-electron chi connectivity index (χ4n) is 12.5. The van der Waals surface area contributed by atoms with E-state index in [1.165, 1.54) is 318 Å². The van der Waals surface area contributed by atoms with Crippen LogP contribution in [0, 0.1) is 19.3 Å². The Kier molecular flexibility index (Phi) is 92.1. The van der Waals surface area contributed by atoms with Crippen LogP contribution >= 0.6 is 0 Å². The third-order valence-electron chi connectivity index (χ3n) is 18.4. The molecule has 103 heavy (non-hydrogen) atoms. The van der Waals surface area contributed by atoms with Gasteiger partial charge in [0.05, 0.1) is 0 Å². The van der Waals surface area contributed by atoms with Crippen molar-refractivity contribution in [3.63, 3.8) is 0 Å². The predicted octanol–water partition coefficient (Wildman–Crippen LogP) is 27.8. The van der Waals surface area contributed by atoms with Gasteiger partial charge in [0.25, 0.3) is 0 Å². The Morgan fingerprint density at radius 1 is 0.330 bits per heavy atom. The second-order valence-corrected chi connectivity index (χ2v) is 31.8. The van der Waals surface area contributed by atoms with E-state index >= 15 is 0 Å². The Hall–Kier alpha value is -2.40. The minimum absolute atomic E-state index is 0.0972. The van der Waals surface area contributed by atoms with Crippen molar-refractivity contribution in [3.05, 3.63) is 127 Å². The van der Waals surface area contributed by atoms with Crippen molar-refractivity contribution < 1.29 is 65.6 Å². The number of unbranched alkanes of at least 4 members (excludes halogenated alkanes) is 42. The molecule has 0 bridgehead atoms. The first kappa shape index (κ1) is 109. The Morgan fingerprint density at radius 2 is 0.466 bits per heavy atom. The van der Waals surface area contributed by atoms with E-state index in [-0.39, 0.29) is 12.0 Å². The molecule has 0 aliphatic rings. The number of benzene rings is 3. The number of aliphatic hydroxyl groups is 1. The third kappa shape index (κ3) is 72.2. The zero-order valence-electron chi connectivity index (χ0n) is 68.0. The van der Waals surface area contributed by atoms with Gasteiger partial charge in [-0.2, -0.15) is 0 Å². The molecule has 0 heterocycles. The summed E-state index contributed by atoms with van der Waals surface area (Å²) in [5.41, 5.74) is 7.17. The van der Waals surface area contributed by atoms with Crippen molar-refractivity contribution in [1.82, 2.24) is 0 Å². The van der Waals surface area contributed by atoms with Gasteiger partial charge in [-0.05, 0) is 167 Å². The van der Waals surface area contributed by atoms with Crippen molar-refractivity contribution in [3.8, 4) is 0 Å². The maximum atomic E-state index is 11.7. The van der Waals surface area contributed by atoms with Crippen LogP contribution in [0.5, 0.6) is 0 Å². The molecule has 3 aromatic carbocycles. The number of aliphatic hydroxyl groups excluding tert-OH is 1. The molecule has 3 aromatic rings.